The van der Waals surface area contributed by atoms with E-state index in [0.29, 0.717) is 10.7 Å². The number of hydrogen-bond acceptors (Lipinski definition) is 3. The lowest BCUT2D eigenvalue weighted by molar-refractivity contribution is -0.135. The predicted octanol–water partition coefficient (Wildman–Crippen LogP) is 4.40. The van der Waals surface area contributed by atoms with Gasteiger partial charge in [0.2, 0.25) is 0 Å². The van der Waals surface area contributed by atoms with E-state index < -0.39 is 0 Å². The highest BCUT2D eigenvalue weighted by Crippen LogP contribution is 2.49. The monoisotopic (exact) mass is 391 g/mol. The normalized spacial score (nSPS) is 22.3. The Morgan fingerprint density at radius 2 is 2.08 bits per heavy atom. The Balaban J connectivity index is 1.64. The molecule has 1 spiro atoms. The first-order valence-corrected chi connectivity index (χ1v) is 10.3. The van der Waals surface area contributed by atoms with E-state index in [2.05, 4.69) is 10.4 Å². The zero-order chi connectivity index (χ0) is 18.5. The van der Waals surface area contributed by atoms with E-state index in [-0.39, 0.29) is 21.9 Å². The van der Waals surface area contributed by atoms with Crippen molar-refractivity contribution in [3.63, 3.8) is 0 Å². The van der Waals surface area contributed by atoms with Gasteiger partial charge in [0.05, 0.1) is 5.25 Å². The van der Waals surface area contributed by atoms with Crippen molar-refractivity contribution in [2.24, 2.45) is 0 Å². The number of hydrazine groups is 1. The third-order valence-electron chi connectivity index (χ3n) is 5.47. The van der Waals surface area contributed by atoms with Gasteiger partial charge in [0.1, 0.15) is 10.6 Å². The third-order valence-corrected chi connectivity index (χ3v) is 7.29. The van der Waals surface area contributed by atoms with E-state index in [1.165, 1.54) is 6.42 Å². The number of rotatable bonds is 2. The summed E-state index contributed by atoms with van der Waals surface area (Å²) in [4.78, 5) is 28.6. The smallest absolute Gasteiger partial charge is 0.286 e. The van der Waals surface area contributed by atoms with Crippen molar-refractivity contribution in [1.82, 2.24) is 15.4 Å². The Hall–Kier alpha value is -1.66. The van der Waals surface area contributed by atoms with E-state index in [4.69, 9.17) is 11.6 Å². The maximum atomic E-state index is 13.0. The highest BCUT2D eigenvalue weighted by Gasteiger charge is 2.51. The van der Waals surface area contributed by atoms with E-state index >= 15 is 0 Å². The van der Waals surface area contributed by atoms with Gasteiger partial charge in [0.25, 0.3) is 11.8 Å². The van der Waals surface area contributed by atoms with Crippen LogP contribution in [0.4, 0.5) is 0 Å². The van der Waals surface area contributed by atoms with Gasteiger partial charge in [-0.25, -0.2) is 5.01 Å². The number of aromatic amines is 1. The standard InChI is InChI=1S/C19H22ClN3O2S/c1-11-14-10-13(20)6-7-15(14)21-16(11)17(24)22-23-18(25)12(2)26-19(23)8-4-3-5-9-19/h6-7,10,12,21H,3-5,8-9H2,1-2H3,(H,22,24). The van der Waals surface area contributed by atoms with Crippen LogP contribution in [0.5, 0.6) is 0 Å². The van der Waals surface area contributed by atoms with Gasteiger partial charge in [-0.05, 0) is 50.5 Å². The Kier molecular flexibility index (Phi) is 4.43. The fraction of sp³-hybridized carbons (Fsp3) is 0.474. The predicted molar refractivity (Wildman–Crippen MR) is 105 cm³/mol. The maximum Gasteiger partial charge on any atom is 0.286 e. The van der Waals surface area contributed by atoms with E-state index in [0.717, 1.165) is 42.1 Å². The van der Waals surface area contributed by atoms with Crippen LogP contribution in [-0.4, -0.2) is 31.9 Å². The molecule has 2 heterocycles. The van der Waals surface area contributed by atoms with Crippen LogP contribution in [0.15, 0.2) is 18.2 Å². The maximum absolute atomic E-state index is 13.0. The number of nitrogens with zero attached hydrogens (tertiary/aromatic N) is 1. The molecule has 1 saturated carbocycles. The molecule has 4 rings (SSSR count). The Bertz CT molecular complexity index is 888. The molecule has 1 aliphatic carbocycles. The highest BCUT2D eigenvalue weighted by atomic mass is 35.5. The zero-order valence-electron chi connectivity index (χ0n) is 14.9. The molecular formula is C19H22ClN3O2S. The highest BCUT2D eigenvalue weighted by molar-refractivity contribution is 8.02. The van der Waals surface area contributed by atoms with Gasteiger partial charge in [-0.1, -0.05) is 30.9 Å². The number of carbonyl (C=O) groups is 2. The minimum atomic E-state index is -0.298. The molecule has 1 aliphatic heterocycles. The first kappa shape index (κ1) is 17.7. The molecule has 0 bridgehead atoms. The van der Waals surface area contributed by atoms with E-state index in [9.17, 15) is 9.59 Å². The number of aryl methyl sites for hydroxylation is 1. The van der Waals surface area contributed by atoms with Crippen LogP contribution in [-0.2, 0) is 4.79 Å². The number of halogens is 1. The average molecular weight is 392 g/mol. The second-order valence-electron chi connectivity index (χ2n) is 7.20. The summed E-state index contributed by atoms with van der Waals surface area (Å²) in [7, 11) is 0. The fourth-order valence-corrected chi connectivity index (χ4v) is 5.90. The lowest BCUT2D eigenvalue weighted by atomic mass is 9.94. The van der Waals surface area contributed by atoms with Crippen molar-refractivity contribution in [3.05, 3.63) is 34.5 Å². The lowest BCUT2D eigenvalue weighted by Crippen LogP contribution is -2.55. The second-order valence-corrected chi connectivity index (χ2v) is 9.34. The van der Waals surface area contributed by atoms with E-state index in [1.54, 1.807) is 22.8 Å². The van der Waals surface area contributed by atoms with Crippen LogP contribution in [0.2, 0.25) is 5.02 Å². The molecule has 2 aliphatic rings. The Morgan fingerprint density at radius 1 is 1.35 bits per heavy atom. The third kappa shape index (κ3) is 2.79. The molecular weight excluding hydrogens is 370 g/mol. The van der Waals surface area contributed by atoms with Crippen LogP contribution in [0.3, 0.4) is 0 Å². The minimum absolute atomic E-state index is 0.0120. The van der Waals surface area contributed by atoms with Crippen LogP contribution in [0.25, 0.3) is 10.9 Å². The van der Waals surface area contributed by atoms with Crippen LogP contribution in [0.1, 0.15) is 55.1 Å². The molecule has 1 saturated heterocycles. The summed E-state index contributed by atoms with van der Waals surface area (Å²) in [6.45, 7) is 3.81. The first-order chi connectivity index (χ1) is 12.4. The van der Waals surface area contributed by atoms with Crippen molar-refractivity contribution < 1.29 is 9.59 Å². The van der Waals surface area contributed by atoms with Gasteiger partial charge in [-0.3, -0.25) is 15.0 Å². The molecule has 1 unspecified atom stereocenters. The number of benzene rings is 1. The van der Waals surface area contributed by atoms with Crippen molar-refractivity contribution in [1.29, 1.82) is 0 Å². The zero-order valence-corrected chi connectivity index (χ0v) is 16.5. The number of aromatic nitrogens is 1. The fourth-order valence-electron chi connectivity index (χ4n) is 4.10. The number of carbonyl (C=O) groups excluding carboxylic acids is 2. The molecule has 1 aromatic heterocycles. The summed E-state index contributed by atoms with van der Waals surface area (Å²) >= 11 is 7.77. The molecule has 2 amide bonds. The van der Waals surface area contributed by atoms with Gasteiger partial charge in [-0.15, -0.1) is 11.8 Å². The molecule has 5 nitrogen and oxygen atoms in total. The number of nitrogens with one attached hydrogen (secondary N) is 2. The quantitative estimate of drug-likeness (QED) is 0.797. The molecule has 138 valence electrons. The summed E-state index contributed by atoms with van der Waals surface area (Å²) in [5, 5.41) is 3.04. The van der Waals surface area contributed by atoms with Crippen LogP contribution >= 0.6 is 23.4 Å². The minimum Gasteiger partial charge on any atom is -0.350 e. The number of amides is 2. The lowest BCUT2D eigenvalue weighted by Gasteiger charge is -2.39. The summed E-state index contributed by atoms with van der Waals surface area (Å²) in [5.74, 6) is -0.287. The summed E-state index contributed by atoms with van der Waals surface area (Å²) in [6.07, 6.45) is 5.21. The summed E-state index contributed by atoms with van der Waals surface area (Å²) in [5.41, 5.74) is 5.09. The molecule has 26 heavy (non-hydrogen) atoms. The number of H-pyrrole nitrogens is 1. The van der Waals surface area contributed by atoms with Crippen molar-refractivity contribution in [2.75, 3.05) is 0 Å². The number of fused-ring (bicyclic) bond motifs is 1. The molecule has 1 atom stereocenters. The summed E-state index contributed by atoms with van der Waals surface area (Å²) in [6, 6.07) is 5.50. The van der Waals surface area contributed by atoms with Gasteiger partial charge in [-0.2, -0.15) is 0 Å². The molecule has 2 aromatic rings. The number of thioether (sulfide) groups is 1. The van der Waals surface area contributed by atoms with Crippen molar-refractivity contribution in [3.8, 4) is 0 Å². The van der Waals surface area contributed by atoms with Crippen LogP contribution in [0, 0.1) is 6.92 Å². The first-order valence-electron chi connectivity index (χ1n) is 9.02. The van der Waals surface area contributed by atoms with Crippen molar-refractivity contribution in [2.45, 2.75) is 56.1 Å². The largest absolute Gasteiger partial charge is 0.350 e. The van der Waals surface area contributed by atoms with Crippen LogP contribution < -0.4 is 5.43 Å². The van der Waals surface area contributed by atoms with Gasteiger partial charge >= 0.3 is 0 Å². The van der Waals surface area contributed by atoms with Gasteiger partial charge in [0, 0.05) is 15.9 Å². The van der Waals surface area contributed by atoms with E-state index in [1.807, 2.05) is 26.0 Å². The molecule has 7 heteroatoms. The Labute approximate surface area is 161 Å². The summed E-state index contributed by atoms with van der Waals surface area (Å²) < 4.78 is 0. The average Bonchev–Trinajstić information content (AvgIpc) is 3.06. The molecule has 2 N–H and O–H groups in total. The molecule has 2 fully saturated rings. The molecule has 0 radical (unpaired) electrons. The van der Waals surface area contributed by atoms with Gasteiger partial charge in [0.15, 0.2) is 0 Å². The van der Waals surface area contributed by atoms with Crippen molar-refractivity contribution >= 4 is 46.1 Å². The Morgan fingerprint density at radius 3 is 2.81 bits per heavy atom. The van der Waals surface area contributed by atoms with Gasteiger partial charge < -0.3 is 4.98 Å². The molecule has 1 aromatic carbocycles. The second kappa shape index (κ2) is 6.50. The SMILES string of the molecule is Cc1c(C(=O)NN2C(=O)C(C)SC23CCCCC3)[nH]c2ccc(Cl)cc12. The topological polar surface area (TPSA) is 65.2 Å². The number of hydrogen-bond donors (Lipinski definition) is 2.